The molecule has 0 bridgehead atoms. The predicted molar refractivity (Wildman–Crippen MR) is 108 cm³/mol. The van der Waals surface area contributed by atoms with Crippen molar-refractivity contribution in [3.05, 3.63) is 46.6 Å². The lowest BCUT2D eigenvalue weighted by molar-refractivity contribution is 0.308. The number of benzene rings is 1. The van der Waals surface area contributed by atoms with Crippen molar-refractivity contribution in [3.63, 3.8) is 0 Å². The van der Waals surface area contributed by atoms with Crippen molar-refractivity contribution in [2.75, 3.05) is 31.7 Å². The van der Waals surface area contributed by atoms with Crippen LogP contribution in [0.25, 0.3) is 0 Å². The van der Waals surface area contributed by atoms with Gasteiger partial charge in [-0.05, 0) is 65.5 Å². The Morgan fingerprint density at radius 3 is 2.73 bits per heavy atom. The summed E-state index contributed by atoms with van der Waals surface area (Å²) in [5, 5.41) is 3.68. The predicted octanol–water partition coefficient (Wildman–Crippen LogP) is 4.01. The second-order valence-electron chi connectivity index (χ2n) is 6.37. The summed E-state index contributed by atoms with van der Waals surface area (Å²) >= 11 is 3.59. The number of hydrogen-bond donors (Lipinski definition) is 1. The van der Waals surface area contributed by atoms with Crippen LogP contribution >= 0.6 is 15.9 Å². The van der Waals surface area contributed by atoms with E-state index in [4.69, 9.17) is 9.47 Å². The first-order valence-electron chi connectivity index (χ1n) is 9.09. The van der Waals surface area contributed by atoms with Crippen LogP contribution in [0.15, 0.2) is 41.0 Å². The van der Waals surface area contributed by atoms with Crippen LogP contribution in [-0.2, 0) is 6.54 Å². The summed E-state index contributed by atoms with van der Waals surface area (Å²) in [6.07, 6.45) is 4.09. The molecule has 1 aliphatic heterocycles. The summed E-state index contributed by atoms with van der Waals surface area (Å²) in [7, 11) is 1.68. The Balaban J connectivity index is 1.54. The van der Waals surface area contributed by atoms with Crippen LogP contribution in [0.1, 0.15) is 25.3 Å². The Hall–Kier alpha value is -1.79. The highest BCUT2D eigenvalue weighted by Gasteiger charge is 2.20. The van der Waals surface area contributed by atoms with Crippen molar-refractivity contribution in [1.29, 1.82) is 0 Å². The quantitative estimate of drug-likeness (QED) is 0.734. The molecule has 0 saturated carbocycles. The molecular weight excluding hydrogens is 394 g/mol. The van der Waals surface area contributed by atoms with Crippen molar-refractivity contribution in [2.45, 2.75) is 32.4 Å². The van der Waals surface area contributed by atoms with Gasteiger partial charge in [-0.25, -0.2) is 4.98 Å². The summed E-state index contributed by atoms with van der Waals surface area (Å²) in [5.74, 6) is 2.61. The van der Waals surface area contributed by atoms with Gasteiger partial charge in [0.15, 0.2) is 11.5 Å². The van der Waals surface area contributed by atoms with Crippen molar-refractivity contribution in [3.8, 4) is 11.5 Å². The number of halogens is 1. The first-order valence-corrected chi connectivity index (χ1v) is 9.89. The SMILES string of the molecule is CCOc1c(Br)cc(CNC2CCN(c3ccccn3)CC2)cc1OC. The zero-order chi connectivity index (χ0) is 18.4. The monoisotopic (exact) mass is 419 g/mol. The number of hydrogen-bond acceptors (Lipinski definition) is 5. The number of anilines is 1. The molecule has 0 aliphatic carbocycles. The minimum Gasteiger partial charge on any atom is -0.493 e. The van der Waals surface area contributed by atoms with Gasteiger partial charge < -0.3 is 19.7 Å². The number of ether oxygens (including phenoxy) is 2. The van der Waals surface area contributed by atoms with Crippen LogP contribution in [0.2, 0.25) is 0 Å². The average Bonchev–Trinajstić information content (AvgIpc) is 2.69. The number of aromatic nitrogens is 1. The molecule has 0 atom stereocenters. The van der Waals surface area contributed by atoms with Crippen molar-refractivity contribution < 1.29 is 9.47 Å². The smallest absolute Gasteiger partial charge is 0.175 e. The molecule has 1 aromatic carbocycles. The molecule has 6 heteroatoms. The third-order valence-electron chi connectivity index (χ3n) is 4.64. The molecule has 1 aliphatic rings. The second-order valence-corrected chi connectivity index (χ2v) is 7.23. The number of nitrogens with zero attached hydrogens (tertiary/aromatic N) is 2. The normalized spacial score (nSPS) is 15.1. The van der Waals surface area contributed by atoms with E-state index in [1.54, 1.807) is 7.11 Å². The maximum absolute atomic E-state index is 5.66. The van der Waals surface area contributed by atoms with Gasteiger partial charge in [0, 0.05) is 31.9 Å². The van der Waals surface area contributed by atoms with Crippen LogP contribution in [0.5, 0.6) is 11.5 Å². The topological polar surface area (TPSA) is 46.6 Å². The van der Waals surface area contributed by atoms with Gasteiger partial charge in [0.1, 0.15) is 5.82 Å². The van der Waals surface area contributed by atoms with Crippen LogP contribution in [0.4, 0.5) is 5.82 Å². The maximum atomic E-state index is 5.66. The molecule has 1 aromatic heterocycles. The van der Waals surface area contributed by atoms with Crippen LogP contribution in [-0.4, -0.2) is 37.8 Å². The largest absolute Gasteiger partial charge is 0.493 e. The lowest BCUT2D eigenvalue weighted by Crippen LogP contribution is -2.42. The summed E-state index contributed by atoms with van der Waals surface area (Å²) in [4.78, 5) is 6.80. The lowest BCUT2D eigenvalue weighted by atomic mass is 10.0. The third-order valence-corrected chi connectivity index (χ3v) is 5.23. The molecule has 0 radical (unpaired) electrons. The Labute approximate surface area is 163 Å². The first kappa shape index (κ1) is 19.0. The Morgan fingerprint density at radius 1 is 1.27 bits per heavy atom. The number of nitrogens with one attached hydrogen (secondary N) is 1. The number of pyridine rings is 1. The van der Waals surface area contributed by atoms with Crippen LogP contribution < -0.4 is 19.7 Å². The fraction of sp³-hybridized carbons (Fsp3) is 0.450. The summed E-state index contributed by atoms with van der Waals surface area (Å²) < 4.78 is 12.1. The van der Waals surface area contributed by atoms with Crippen LogP contribution in [0, 0.1) is 0 Å². The number of piperidine rings is 1. The van der Waals surface area contributed by atoms with Crippen molar-refractivity contribution in [1.82, 2.24) is 10.3 Å². The zero-order valence-electron chi connectivity index (χ0n) is 15.4. The van der Waals surface area contributed by atoms with Gasteiger partial charge in [-0.15, -0.1) is 0 Å². The third kappa shape index (κ3) is 4.68. The molecule has 26 heavy (non-hydrogen) atoms. The Morgan fingerprint density at radius 2 is 2.08 bits per heavy atom. The highest BCUT2D eigenvalue weighted by Crippen LogP contribution is 2.36. The van der Waals surface area contributed by atoms with Crippen LogP contribution in [0.3, 0.4) is 0 Å². The van der Waals surface area contributed by atoms with Crippen molar-refractivity contribution >= 4 is 21.7 Å². The van der Waals surface area contributed by atoms with E-state index in [0.717, 1.165) is 54.3 Å². The molecule has 1 saturated heterocycles. The molecule has 140 valence electrons. The van der Waals surface area contributed by atoms with E-state index in [2.05, 4.69) is 43.3 Å². The summed E-state index contributed by atoms with van der Waals surface area (Å²) in [6.45, 7) is 5.46. The highest BCUT2D eigenvalue weighted by molar-refractivity contribution is 9.10. The fourth-order valence-corrected chi connectivity index (χ4v) is 3.88. The second kappa shape index (κ2) is 9.24. The Kier molecular flexibility index (Phi) is 6.74. The average molecular weight is 420 g/mol. The highest BCUT2D eigenvalue weighted by atomic mass is 79.9. The molecule has 3 rings (SSSR count). The van der Waals surface area contributed by atoms with E-state index < -0.39 is 0 Å². The van der Waals surface area contributed by atoms with Gasteiger partial charge in [-0.2, -0.15) is 0 Å². The Bertz CT molecular complexity index is 704. The lowest BCUT2D eigenvalue weighted by Gasteiger charge is -2.33. The molecule has 0 amide bonds. The minimum atomic E-state index is 0.520. The number of rotatable bonds is 7. The van der Waals surface area contributed by atoms with Gasteiger partial charge in [0.2, 0.25) is 0 Å². The maximum Gasteiger partial charge on any atom is 0.175 e. The van der Waals surface area contributed by atoms with Gasteiger partial charge in [0.05, 0.1) is 18.2 Å². The van der Waals surface area contributed by atoms with Gasteiger partial charge in [0.25, 0.3) is 0 Å². The van der Waals surface area contributed by atoms with Gasteiger partial charge in [-0.1, -0.05) is 6.07 Å². The molecule has 0 spiro atoms. The van der Waals surface area contributed by atoms with E-state index in [0.29, 0.717) is 12.6 Å². The summed E-state index contributed by atoms with van der Waals surface area (Å²) in [6, 6.07) is 10.8. The minimum absolute atomic E-state index is 0.520. The molecule has 5 nitrogen and oxygen atoms in total. The molecule has 1 N–H and O–H groups in total. The zero-order valence-corrected chi connectivity index (χ0v) is 17.0. The fourth-order valence-electron chi connectivity index (χ4n) is 3.28. The van der Waals surface area contributed by atoms with Gasteiger partial charge >= 0.3 is 0 Å². The van der Waals surface area contributed by atoms with E-state index >= 15 is 0 Å². The van der Waals surface area contributed by atoms with E-state index in [1.165, 1.54) is 5.56 Å². The van der Waals surface area contributed by atoms with E-state index in [9.17, 15) is 0 Å². The van der Waals surface area contributed by atoms with E-state index in [1.807, 2.05) is 31.3 Å². The first-order chi connectivity index (χ1) is 12.7. The molecular formula is C20H26BrN3O2. The molecule has 2 heterocycles. The molecule has 0 unspecified atom stereocenters. The summed E-state index contributed by atoms with van der Waals surface area (Å²) in [5.41, 5.74) is 1.18. The van der Waals surface area contributed by atoms with Crippen molar-refractivity contribution in [2.24, 2.45) is 0 Å². The molecule has 1 fully saturated rings. The number of methoxy groups -OCH3 is 1. The molecule has 2 aromatic rings. The standard InChI is InChI=1S/C20H26BrN3O2/c1-3-26-20-17(21)12-15(13-18(20)25-2)14-23-16-7-10-24(11-8-16)19-6-4-5-9-22-19/h4-6,9,12-13,16,23H,3,7-8,10-11,14H2,1-2H3. The van der Waals surface area contributed by atoms with E-state index in [-0.39, 0.29) is 0 Å². The van der Waals surface area contributed by atoms with Gasteiger partial charge in [-0.3, -0.25) is 0 Å².